The molecule has 11 heteroatoms. The zero-order valence-corrected chi connectivity index (χ0v) is 22.4. The highest BCUT2D eigenvalue weighted by atomic mass is 16.5. The molecule has 2 fully saturated rings. The van der Waals surface area contributed by atoms with E-state index < -0.39 is 6.10 Å². The Hall–Kier alpha value is -4.22. The normalized spacial score (nSPS) is 18.4. The molecule has 2 atom stereocenters. The second-order valence-electron chi connectivity index (χ2n) is 10.5. The van der Waals surface area contributed by atoms with E-state index in [9.17, 15) is 14.7 Å². The number of benzene rings is 1. The van der Waals surface area contributed by atoms with Crippen molar-refractivity contribution in [3.05, 3.63) is 82.4 Å². The molecule has 2 aliphatic carbocycles. The van der Waals surface area contributed by atoms with Gasteiger partial charge in [0.25, 0.3) is 11.5 Å². The molecule has 1 aromatic carbocycles. The van der Waals surface area contributed by atoms with Crippen LogP contribution in [0.2, 0.25) is 0 Å². The van der Waals surface area contributed by atoms with E-state index in [4.69, 9.17) is 9.72 Å². The van der Waals surface area contributed by atoms with Gasteiger partial charge in [0.2, 0.25) is 0 Å². The topological polar surface area (TPSA) is 126 Å². The minimum Gasteiger partial charge on any atom is -0.391 e. The third kappa shape index (κ3) is 5.56. The van der Waals surface area contributed by atoms with Crippen molar-refractivity contribution >= 4 is 28.9 Å². The predicted molar refractivity (Wildman–Crippen MR) is 151 cm³/mol. The highest BCUT2D eigenvalue weighted by Crippen LogP contribution is 2.26. The third-order valence-corrected chi connectivity index (χ3v) is 7.40. The Morgan fingerprint density at radius 3 is 2.70 bits per heavy atom. The number of amides is 1. The van der Waals surface area contributed by atoms with Crippen LogP contribution in [0.15, 0.2) is 65.7 Å². The average Bonchev–Trinajstić information content (AvgIpc) is 3.69. The van der Waals surface area contributed by atoms with Crippen LogP contribution in [0.25, 0.3) is 5.65 Å². The van der Waals surface area contributed by atoms with Gasteiger partial charge >= 0.3 is 0 Å². The number of carbonyl (C=O) groups excluding carboxylic acids is 1. The van der Waals surface area contributed by atoms with E-state index in [0.717, 1.165) is 24.8 Å². The molecule has 0 saturated heterocycles. The second kappa shape index (κ2) is 11.1. The van der Waals surface area contributed by atoms with Crippen LogP contribution in [0.4, 0.5) is 17.3 Å². The standard InChI is InChI=1S/C29H33N7O4/c1-34(18-19-6-3-2-4-7-19)26-16-25(31-23-8-5-13-35(29(23)39)14-15-40-20-9-10-20)33-27-21(17-30-36(26)27)28(38)32-22-11-12-24(22)37/h2-8,13,16-17,20,22,24,37H,9-12,14-15,18H2,1H3,(H,31,33)(H,32,38)/t22-,24-/m1/s1. The summed E-state index contributed by atoms with van der Waals surface area (Å²) in [5.74, 6) is 0.746. The largest absolute Gasteiger partial charge is 0.391 e. The minimum atomic E-state index is -0.543. The molecule has 0 radical (unpaired) electrons. The van der Waals surface area contributed by atoms with Gasteiger partial charge in [-0.1, -0.05) is 30.3 Å². The number of carbonyl (C=O) groups is 1. The first-order chi connectivity index (χ1) is 19.5. The van der Waals surface area contributed by atoms with Crippen molar-refractivity contribution in [1.82, 2.24) is 24.5 Å². The summed E-state index contributed by atoms with van der Waals surface area (Å²) in [5, 5.41) is 20.5. The Bertz CT molecular complexity index is 1560. The van der Waals surface area contributed by atoms with Crippen molar-refractivity contribution in [3.63, 3.8) is 0 Å². The van der Waals surface area contributed by atoms with Crippen molar-refractivity contribution in [2.75, 3.05) is 23.9 Å². The molecule has 2 saturated carbocycles. The Labute approximate surface area is 231 Å². The zero-order valence-electron chi connectivity index (χ0n) is 22.4. The van der Waals surface area contributed by atoms with Crippen LogP contribution in [-0.4, -0.2) is 62.1 Å². The average molecular weight is 544 g/mol. The molecule has 40 heavy (non-hydrogen) atoms. The number of aliphatic hydroxyl groups excluding tert-OH is 1. The first-order valence-corrected chi connectivity index (χ1v) is 13.7. The molecule has 0 aliphatic heterocycles. The number of nitrogens with one attached hydrogen (secondary N) is 2. The van der Waals surface area contributed by atoms with Gasteiger partial charge in [0.05, 0.1) is 31.1 Å². The number of rotatable bonds is 11. The summed E-state index contributed by atoms with van der Waals surface area (Å²) < 4.78 is 8.96. The highest BCUT2D eigenvalue weighted by Gasteiger charge is 2.31. The fourth-order valence-corrected chi connectivity index (χ4v) is 4.78. The van der Waals surface area contributed by atoms with Crippen molar-refractivity contribution in [3.8, 4) is 0 Å². The lowest BCUT2D eigenvalue weighted by Crippen LogP contribution is -2.50. The number of aliphatic hydroxyl groups is 1. The molecule has 4 aromatic rings. The summed E-state index contributed by atoms with van der Waals surface area (Å²) in [6, 6.07) is 15.1. The molecular weight excluding hydrogens is 510 g/mol. The summed E-state index contributed by atoms with van der Waals surface area (Å²) in [6.45, 7) is 1.53. The second-order valence-corrected chi connectivity index (χ2v) is 10.5. The Kier molecular flexibility index (Phi) is 7.23. The van der Waals surface area contributed by atoms with Gasteiger partial charge in [-0.25, -0.2) is 4.98 Å². The zero-order chi connectivity index (χ0) is 27.6. The Morgan fingerprint density at radius 1 is 1.15 bits per heavy atom. The van der Waals surface area contributed by atoms with Crippen LogP contribution in [0.5, 0.6) is 0 Å². The molecule has 11 nitrogen and oxygen atoms in total. The number of hydrogen-bond donors (Lipinski definition) is 3. The number of hydrogen-bond acceptors (Lipinski definition) is 8. The number of pyridine rings is 1. The van der Waals surface area contributed by atoms with Gasteiger partial charge in [-0.2, -0.15) is 9.61 Å². The van der Waals surface area contributed by atoms with E-state index >= 15 is 0 Å². The summed E-state index contributed by atoms with van der Waals surface area (Å²) in [6.07, 6.45) is 6.58. The van der Waals surface area contributed by atoms with Crippen molar-refractivity contribution in [2.24, 2.45) is 0 Å². The van der Waals surface area contributed by atoms with Crippen molar-refractivity contribution in [1.29, 1.82) is 0 Å². The van der Waals surface area contributed by atoms with E-state index in [-0.39, 0.29) is 17.5 Å². The summed E-state index contributed by atoms with van der Waals surface area (Å²) in [5.41, 5.74) is 1.92. The van der Waals surface area contributed by atoms with Gasteiger partial charge in [0.15, 0.2) is 5.65 Å². The van der Waals surface area contributed by atoms with E-state index in [0.29, 0.717) is 60.8 Å². The van der Waals surface area contributed by atoms with Crippen LogP contribution >= 0.6 is 0 Å². The number of anilines is 3. The quantitative estimate of drug-likeness (QED) is 0.264. The van der Waals surface area contributed by atoms with E-state index in [1.165, 1.54) is 6.20 Å². The van der Waals surface area contributed by atoms with Gasteiger partial charge in [0.1, 0.15) is 22.9 Å². The van der Waals surface area contributed by atoms with Crippen molar-refractivity contribution in [2.45, 2.75) is 57.0 Å². The molecule has 0 spiro atoms. The molecule has 208 valence electrons. The monoisotopic (exact) mass is 543 g/mol. The van der Waals surface area contributed by atoms with Crippen LogP contribution in [0.1, 0.15) is 41.6 Å². The van der Waals surface area contributed by atoms with Gasteiger partial charge in [-0.3, -0.25) is 9.59 Å². The predicted octanol–water partition coefficient (Wildman–Crippen LogP) is 2.70. The van der Waals surface area contributed by atoms with Crippen LogP contribution in [0.3, 0.4) is 0 Å². The fraction of sp³-hybridized carbons (Fsp3) is 0.379. The fourth-order valence-electron chi connectivity index (χ4n) is 4.78. The maximum absolute atomic E-state index is 13.2. The molecule has 2 aliphatic rings. The maximum Gasteiger partial charge on any atom is 0.274 e. The molecular formula is C29H33N7O4. The Morgan fingerprint density at radius 2 is 1.98 bits per heavy atom. The molecule has 0 bridgehead atoms. The first-order valence-electron chi connectivity index (χ1n) is 13.7. The third-order valence-electron chi connectivity index (χ3n) is 7.40. The molecule has 3 N–H and O–H groups in total. The van der Waals surface area contributed by atoms with Crippen LogP contribution in [-0.2, 0) is 17.8 Å². The summed E-state index contributed by atoms with van der Waals surface area (Å²) >= 11 is 0. The number of aromatic nitrogens is 4. The summed E-state index contributed by atoms with van der Waals surface area (Å²) in [7, 11) is 1.94. The SMILES string of the molecule is CN(Cc1ccccc1)c1cc(Nc2cccn(CCOC3CC3)c2=O)nc2c(C(=O)N[C@@H]3CC[C@H]3O)cnn12. The molecule has 1 amide bonds. The van der Waals surface area contributed by atoms with E-state index in [1.54, 1.807) is 21.3 Å². The van der Waals surface area contributed by atoms with Gasteiger partial charge < -0.3 is 29.9 Å². The lowest BCUT2D eigenvalue weighted by atomic mass is 9.89. The van der Waals surface area contributed by atoms with E-state index in [2.05, 4.69) is 15.7 Å². The van der Waals surface area contributed by atoms with E-state index in [1.807, 2.05) is 54.4 Å². The number of fused-ring (bicyclic) bond motifs is 1. The lowest BCUT2D eigenvalue weighted by Gasteiger charge is -2.32. The van der Waals surface area contributed by atoms with Gasteiger partial charge in [0, 0.05) is 32.4 Å². The van der Waals surface area contributed by atoms with Gasteiger partial charge in [-0.15, -0.1) is 0 Å². The lowest BCUT2D eigenvalue weighted by molar-refractivity contribution is 0.0448. The molecule has 0 unspecified atom stereocenters. The minimum absolute atomic E-state index is 0.187. The summed E-state index contributed by atoms with van der Waals surface area (Å²) in [4.78, 5) is 33.1. The molecule has 6 rings (SSSR count). The van der Waals surface area contributed by atoms with Crippen LogP contribution in [0, 0.1) is 0 Å². The Balaban J connectivity index is 1.32. The maximum atomic E-state index is 13.2. The number of nitrogens with zero attached hydrogens (tertiary/aromatic N) is 5. The van der Waals surface area contributed by atoms with Crippen LogP contribution < -0.4 is 21.1 Å². The van der Waals surface area contributed by atoms with Gasteiger partial charge in [-0.05, 0) is 43.4 Å². The van der Waals surface area contributed by atoms with Crippen molar-refractivity contribution < 1.29 is 14.6 Å². The molecule has 3 heterocycles. The first kappa shape index (κ1) is 26.0. The number of ether oxygens (including phenoxy) is 1. The highest BCUT2D eigenvalue weighted by molar-refractivity contribution is 6.00. The molecule has 3 aromatic heterocycles. The smallest absolute Gasteiger partial charge is 0.274 e.